The summed E-state index contributed by atoms with van der Waals surface area (Å²) in [4.78, 5) is 31.0. The molecule has 1 aliphatic heterocycles. The number of amides is 2. The number of hydrogen-bond donors (Lipinski definition) is 2. The molecule has 1 aliphatic rings. The van der Waals surface area contributed by atoms with Gasteiger partial charge >= 0.3 is 0 Å². The molecule has 1 fully saturated rings. The van der Waals surface area contributed by atoms with E-state index in [2.05, 4.69) is 10.3 Å². The van der Waals surface area contributed by atoms with Crippen molar-refractivity contribution in [3.63, 3.8) is 0 Å². The van der Waals surface area contributed by atoms with Crippen LogP contribution in [0, 0.1) is 0 Å². The summed E-state index contributed by atoms with van der Waals surface area (Å²) in [6.45, 7) is 2.70. The Morgan fingerprint density at radius 3 is 2.79 bits per heavy atom. The first-order valence-corrected chi connectivity index (χ1v) is 9.44. The number of pyridine rings is 1. The number of ether oxygens (including phenoxy) is 1. The lowest BCUT2D eigenvalue weighted by molar-refractivity contribution is -0.125. The molecule has 1 aromatic heterocycles. The Bertz CT molecular complexity index is 844. The number of nitrogens with one attached hydrogen (secondary N) is 1. The fraction of sp³-hybridized carbons (Fsp3) is 0.350. The van der Waals surface area contributed by atoms with Crippen molar-refractivity contribution in [2.75, 3.05) is 13.2 Å². The molecule has 8 heteroatoms. The van der Waals surface area contributed by atoms with Gasteiger partial charge in [0.25, 0.3) is 5.91 Å². The molecule has 2 N–H and O–H groups in total. The molecule has 0 unspecified atom stereocenters. The van der Waals surface area contributed by atoms with E-state index >= 15 is 0 Å². The summed E-state index contributed by atoms with van der Waals surface area (Å²) >= 11 is 5.86. The van der Waals surface area contributed by atoms with Crippen LogP contribution >= 0.6 is 11.6 Å². The van der Waals surface area contributed by atoms with Gasteiger partial charge in [-0.2, -0.15) is 0 Å². The lowest BCUT2D eigenvalue weighted by Gasteiger charge is -2.23. The fourth-order valence-corrected chi connectivity index (χ4v) is 3.27. The van der Waals surface area contributed by atoms with E-state index < -0.39 is 12.1 Å². The number of β-amino-alcohol motifs (C(OH)–C–C–N with tert-alkyl or cyclic N) is 1. The van der Waals surface area contributed by atoms with Gasteiger partial charge in [-0.05, 0) is 30.7 Å². The third kappa shape index (κ3) is 4.79. The first kappa shape index (κ1) is 20.1. The van der Waals surface area contributed by atoms with Gasteiger partial charge in [0.1, 0.15) is 11.8 Å². The maximum absolute atomic E-state index is 12.9. The number of hydrogen-bond acceptors (Lipinski definition) is 5. The molecule has 0 radical (unpaired) electrons. The largest absolute Gasteiger partial charge is 0.492 e. The first-order chi connectivity index (χ1) is 13.5. The Hall–Kier alpha value is -2.64. The van der Waals surface area contributed by atoms with Gasteiger partial charge in [0, 0.05) is 30.7 Å². The lowest BCUT2D eigenvalue weighted by Crippen LogP contribution is -2.45. The zero-order valence-corrected chi connectivity index (χ0v) is 16.2. The fourth-order valence-electron chi connectivity index (χ4n) is 3.14. The molecule has 1 aromatic carbocycles. The van der Waals surface area contributed by atoms with Crippen molar-refractivity contribution < 1.29 is 19.4 Å². The number of carbonyl (C=O) groups is 2. The van der Waals surface area contributed by atoms with Crippen molar-refractivity contribution in [1.82, 2.24) is 15.2 Å². The summed E-state index contributed by atoms with van der Waals surface area (Å²) in [5.41, 5.74) is 1.21. The van der Waals surface area contributed by atoms with Gasteiger partial charge < -0.3 is 20.1 Å². The molecule has 0 aliphatic carbocycles. The van der Waals surface area contributed by atoms with Crippen molar-refractivity contribution in [3.8, 4) is 5.75 Å². The van der Waals surface area contributed by atoms with Gasteiger partial charge in [-0.25, -0.2) is 0 Å². The molecule has 2 atom stereocenters. The molecule has 148 valence electrons. The van der Waals surface area contributed by atoms with Crippen LogP contribution in [0.4, 0.5) is 0 Å². The van der Waals surface area contributed by atoms with E-state index in [0.717, 1.165) is 5.56 Å². The molecule has 1 saturated heterocycles. The number of aromatic nitrogens is 1. The minimum atomic E-state index is -0.752. The van der Waals surface area contributed by atoms with Crippen molar-refractivity contribution in [2.24, 2.45) is 0 Å². The highest BCUT2D eigenvalue weighted by molar-refractivity contribution is 6.30. The number of halogens is 1. The molecule has 3 rings (SSSR count). The topological polar surface area (TPSA) is 91.8 Å². The second-order valence-corrected chi connectivity index (χ2v) is 6.99. The number of nitrogens with zero attached hydrogens (tertiary/aromatic N) is 2. The van der Waals surface area contributed by atoms with Gasteiger partial charge in [-0.1, -0.05) is 23.7 Å². The van der Waals surface area contributed by atoms with E-state index in [4.69, 9.17) is 16.3 Å². The third-order valence-corrected chi connectivity index (χ3v) is 4.75. The molecule has 0 saturated carbocycles. The van der Waals surface area contributed by atoms with Crippen LogP contribution in [0.25, 0.3) is 0 Å². The number of aliphatic hydroxyl groups excluding tert-OH is 1. The highest BCUT2D eigenvalue weighted by atomic mass is 35.5. The number of aliphatic hydroxyl groups is 1. The molecule has 2 aromatic rings. The van der Waals surface area contributed by atoms with Crippen molar-refractivity contribution in [2.45, 2.75) is 32.0 Å². The number of benzene rings is 1. The monoisotopic (exact) mass is 403 g/mol. The van der Waals surface area contributed by atoms with Gasteiger partial charge in [-0.15, -0.1) is 0 Å². The number of rotatable bonds is 6. The van der Waals surface area contributed by atoms with Crippen LogP contribution in [-0.2, 0) is 11.3 Å². The highest BCUT2D eigenvalue weighted by Gasteiger charge is 2.39. The minimum Gasteiger partial charge on any atom is -0.492 e. The van der Waals surface area contributed by atoms with E-state index in [-0.39, 0.29) is 24.8 Å². The maximum atomic E-state index is 12.9. The molecular formula is C20H22ClN3O4. The predicted molar refractivity (Wildman–Crippen MR) is 104 cm³/mol. The normalized spacial score (nSPS) is 18.8. The zero-order valence-electron chi connectivity index (χ0n) is 15.5. The molecule has 28 heavy (non-hydrogen) atoms. The summed E-state index contributed by atoms with van der Waals surface area (Å²) in [6, 6.07) is 7.98. The average molecular weight is 404 g/mol. The van der Waals surface area contributed by atoms with Gasteiger partial charge in [0.05, 0.1) is 24.5 Å². The Balaban J connectivity index is 1.69. The molecule has 0 bridgehead atoms. The zero-order chi connectivity index (χ0) is 20.1. The summed E-state index contributed by atoms with van der Waals surface area (Å²) < 4.78 is 5.38. The van der Waals surface area contributed by atoms with Gasteiger partial charge in [0.2, 0.25) is 5.91 Å². The van der Waals surface area contributed by atoms with Crippen molar-refractivity contribution in [3.05, 3.63) is 58.9 Å². The summed E-state index contributed by atoms with van der Waals surface area (Å²) in [5, 5.41) is 13.5. The van der Waals surface area contributed by atoms with Crippen LogP contribution < -0.4 is 10.1 Å². The van der Waals surface area contributed by atoms with Crippen LogP contribution in [0.2, 0.25) is 5.02 Å². The van der Waals surface area contributed by atoms with E-state index in [1.807, 2.05) is 19.1 Å². The highest BCUT2D eigenvalue weighted by Crippen LogP contribution is 2.22. The number of likely N-dealkylation sites (tertiary alicyclic amines) is 1. The maximum Gasteiger partial charge on any atom is 0.256 e. The lowest BCUT2D eigenvalue weighted by atomic mass is 10.1. The molecule has 0 spiro atoms. The molecule has 2 heterocycles. The Labute approximate surface area is 168 Å². The Morgan fingerprint density at radius 1 is 1.32 bits per heavy atom. The molecular weight excluding hydrogens is 382 g/mol. The van der Waals surface area contributed by atoms with E-state index in [0.29, 0.717) is 29.5 Å². The summed E-state index contributed by atoms with van der Waals surface area (Å²) in [6.07, 6.45) is 2.39. The smallest absolute Gasteiger partial charge is 0.256 e. The van der Waals surface area contributed by atoms with E-state index in [1.165, 1.54) is 17.3 Å². The average Bonchev–Trinajstić information content (AvgIpc) is 3.09. The van der Waals surface area contributed by atoms with Crippen LogP contribution in [-0.4, -0.2) is 52.1 Å². The van der Waals surface area contributed by atoms with Crippen LogP contribution in [0.3, 0.4) is 0 Å². The molecule has 2 amide bonds. The van der Waals surface area contributed by atoms with E-state index in [1.54, 1.807) is 18.2 Å². The van der Waals surface area contributed by atoms with Gasteiger partial charge in [0.15, 0.2) is 0 Å². The minimum absolute atomic E-state index is 0.0940. The van der Waals surface area contributed by atoms with Crippen LogP contribution in [0.15, 0.2) is 42.7 Å². The first-order valence-electron chi connectivity index (χ1n) is 9.07. The Kier molecular flexibility index (Phi) is 6.49. The predicted octanol–water partition coefficient (Wildman–Crippen LogP) is 2.03. The van der Waals surface area contributed by atoms with Crippen molar-refractivity contribution in [1.29, 1.82) is 0 Å². The molecule has 7 nitrogen and oxygen atoms in total. The quantitative estimate of drug-likeness (QED) is 0.770. The second kappa shape index (κ2) is 9.03. The summed E-state index contributed by atoms with van der Waals surface area (Å²) in [7, 11) is 0. The standard InChI is InChI=1S/C20H22ClN3O4/c1-2-28-17-7-14(10-22-11-17)20(27)24-12-16(25)8-18(24)19(26)23-9-13-3-5-15(21)6-4-13/h3-7,10-11,16,18,25H,2,8-9,12H2,1H3,(H,23,26)/t16-,18+/m1/s1. The Morgan fingerprint density at radius 2 is 2.07 bits per heavy atom. The second-order valence-electron chi connectivity index (χ2n) is 6.55. The van der Waals surface area contributed by atoms with Crippen LogP contribution in [0.1, 0.15) is 29.3 Å². The third-order valence-electron chi connectivity index (χ3n) is 4.49. The SMILES string of the molecule is CCOc1cncc(C(=O)N2C[C@H](O)C[C@H]2C(=O)NCc2ccc(Cl)cc2)c1. The van der Waals surface area contributed by atoms with Crippen molar-refractivity contribution >= 4 is 23.4 Å². The van der Waals surface area contributed by atoms with E-state index in [9.17, 15) is 14.7 Å². The number of carbonyl (C=O) groups excluding carboxylic acids is 2. The van der Waals surface area contributed by atoms with Gasteiger partial charge in [-0.3, -0.25) is 14.6 Å². The summed E-state index contributed by atoms with van der Waals surface area (Å²) in [5.74, 6) is -0.192. The van der Waals surface area contributed by atoms with Crippen LogP contribution in [0.5, 0.6) is 5.75 Å².